The molecule has 1 aliphatic heterocycles. The Morgan fingerprint density at radius 3 is 2.43 bits per heavy atom. The maximum Gasteiger partial charge on any atom is 0.410 e. The van der Waals surface area contributed by atoms with Gasteiger partial charge < -0.3 is 14.2 Å². The number of benzene rings is 1. The summed E-state index contributed by atoms with van der Waals surface area (Å²) in [5.74, 6) is 0.340. The van der Waals surface area contributed by atoms with Gasteiger partial charge >= 0.3 is 6.09 Å². The highest BCUT2D eigenvalue weighted by molar-refractivity contribution is 5.93. The van der Waals surface area contributed by atoms with Crippen LogP contribution in [0.5, 0.6) is 0 Å². The van der Waals surface area contributed by atoms with Gasteiger partial charge in [0.2, 0.25) is 0 Å². The lowest BCUT2D eigenvalue weighted by Crippen LogP contribution is -2.42. The van der Waals surface area contributed by atoms with Crippen LogP contribution < -0.4 is 0 Å². The van der Waals surface area contributed by atoms with Crippen molar-refractivity contribution in [3.05, 3.63) is 41.7 Å². The number of imidazole rings is 1. The molecule has 0 spiro atoms. The van der Waals surface area contributed by atoms with E-state index < -0.39 is 11.7 Å². The first-order valence-electron chi connectivity index (χ1n) is 9.16. The summed E-state index contributed by atoms with van der Waals surface area (Å²) in [6.07, 6.45) is -0.403. The molecule has 3 rings (SSSR count). The topological polar surface area (TPSA) is 76.9 Å². The molecular formula is C20H26N4O4. The highest BCUT2D eigenvalue weighted by atomic mass is 16.7. The molecule has 1 aromatic carbocycles. The second-order valence-electron chi connectivity index (χ2n) is 7.64. The first-order valence-corrected chi connectivity index (χ1v) is 9.16. The fourth-order valence-corrected chi connectivity index (χ4v) is 3.06. The van der Waals surface area contributed by atoms with E-state index in [9.17, 15) is 9.59 Å². The number of ether oxygens (including phenoxy) is 1. The summed E-state index contributed by atoms with van der Waals surface area (Å²) in [5.41, 5.74) is 1.27. The quantitative estimate of drug-likeness (QED) is 0.758. The molecule has 0 N–H and O–H groups in total. The van der Waals surface area contributed by atoms with Gasteiger partial charge in [-0.25, -0.2) is 14.8 Å². The Morgan fingerprint density at radius 2 is 1.82 bits per heavy atom. The van der Waals surface area contributed by atoms with Gasteiger partial charge in [-0.15, -0.1) is 0 Å². The van der Waals surface area contributed by atoms with Crippen molar-refractivity contribution in [2.45, 2.75) is 39.5 Å². The van der Waals surface area contributed by atoms with Crippen LogP contribution in [0.15, 0.2) is 30.3 Å². The van der Waals surface area contributed by atoms with E-state index in [4.69, 9.17) is 9.57 Å². The van der Waals surface area contributed by atoms with E-state index in [1.54, 1.807) is 4.90 Å². The number of hydroxylamine groups is 2. The van der Waals surface area contributed by atoms with Crippen LogP contribution >= 0.6 is 0 Å². The molecule has 1 aliphatic rings. The highest BCUT2D eigenvalue weighted by Crippen LogP contribution is 2.28. The minimum absolute atomic E-state index is 0.243. The zero-order valence-electron chi connectivity index (χ0n) is 16.9. The lowest BCUT2D eigenvalue weighted by atomic mass is 10.2. The standard InChI is InChI=1S/C20H26N4O4/c1-20(2,3)28-19(26)23-11-12-24-15(13-23)16(18(25)22(4)27-5)21-17(24)14-9-7-6-8-10-14/h6-10H,11-13H2,1-5H3. The molecule has 150 valence electrons. The fourth-order valence-electron chi connectivity index (χ4n) is 3.06. The first-order chi connectivity index (χ1) is 13.2. The third-order valence-electron chi connectivity index (χ3n) is 4.45. The normalized spacial score (nSPS) is 13.8. The van der Waals surface area contributed by atoms with Crippen molar-refractivity contribution in [1.29, 1.82) is 0 Å². The Balaban J connectivity index is 2.00. The zero-order valence-corrected chi connectivity index (χ0v) is 16.9. The SMILES string of the molecule is CON(C)C(=O)c1nc(-c2ccccc2)n2c1CN(C(=O)OC(C)(C)C)CC2. The van der Waals surface area contributed by atoms with Crippen LogP contribution in [0.2, 0.25) is 0 Å². The van der Waals surface area contributed by atoms with Gasteiger partial charge in [0.05, 0.1) is 19.3 Å². The van der Waals surface area contributed by atoms with E-state index in [0.29, 0.717) is 24.6 Å². The van der Waals surface area contributed by atoms with Crippen LogP contribution in [0.3, 0.4) is 0 Å². The van der Waals surface area contributed by atoms with Crippen molar-refractivity contribution >= 4 is 12.0 Å². The summed E-state index contributed by atoms with van der Waals surface area (Å²) in [7, 11) is 2.95. The molecule has 8 heteroatoms. The van der Waals surface area contributed by atoms with Crippen molar-refractivity contribution in [3.63, 3.8) is 0 Å². The number of hydrogen-bond donors (Lipinski definition) is 0. The number of carbonyl (C=O) groups is 2. The molecule has 1 aromatic heterocycles. The molecule has 0 saturated carbocycles. The van der Waals surface area contributed by atoms with Gasteiger partial charge in [0, 0.05) is 25.7 Å². The maximum atomic E-state index is 12.8. The Kier molecular flexibility index (Phi) is 5.42. The number of rotatable bonds is 3. The first kappa shape index (κ1) is 19.9. The molecule has 0 bridgehead atoms. The van der Waals surface area contributed by atoms with Gasteiger partial charge in [0.25, 0.3) is 5.91 Å². The van der Waals surface area contributed by atoms with Gasteiger partial charge in [-0.05, 0) is 20.8 Å². The monoisotopic (exact) mass is 386 g/mol. The van der Waals surface area contributed by atoms with E-state index in [0.717, 1.165) is 10.6 Å². The minimum Gasteiger partial charge on any atom is -0.444 e. The van der Waals surface area contributed by atoms with Crippen LogP contribution in [-0.2, 0) is 22.7 Å². The summed E-state index contributed by atoms with van der Waals surface area (Å²) in [4.78, 5) is 36.6. The van der Waals surface area contributed by atoms with E-state index in [1.165, 1.54) is 14.2 Å². The Morgan fingerprint density at radius 1 is 1.14 bits per heavy atom. The molecule has 2 amide bonds. The van der Waals surface area contributed by atoms with Crippen molar-refractivity contribution in [3.8, 4) is 11.4 Å². The molecule has 28 heavy (non-hydrogen) atoms. The highest BCUT2D eigenvalue weighted by Gasteiger charge is 2.32. The number of nitrogens with zero attached hydrogens (tertiary/aromatic N) is 4. The molecule has 2 aromatic rings. The Hall–Kier alpha value is -2.87. The molecule has 0 radical (unpaired) electrons. The molecule has 0 unspecified atom stereocenters. The maximum absolute atomic E-state index is 12.8. The van der Waals surface area contributed by atoms with Crippen LogP contribution in [0, 0.1) is 0 Å². The number of carbonyl (C=O) groups excluding carboxylic acids is 2. The van der Waals surface area contributed by atoms with Crippen molar-refractivity contribution in [1.82, 2.24) is 19.5 Å². The van der Waals surface area contributed by atoms with Gasteiger partial charge in [0.1, 0.15) is 11.4 Å². The number of fused-ring (bicyclic) bond motifs is 1. The Bertz CT molecular complexity index is 870. The number of aromatic nitrogens is 2. The Labute approximate surface area is 164 Å². The van der Waals surface area contributed by atoms with Gasteiger partial charge in [-0.2, -0.15) is 0 Å². The van der Waals surface area contributed by atoms with Gasteiger partial charge in [-0.1, -0.05) is 30.3 Å². The number of hydrogen-bond acceptors (Lipinski definition) is 5. The molecule has 2 heterocycles. The third-order valence-corrected chi connectivity index (χ3v) is 4.45. The molecule has 0 atom stereocenters. The predicted octanol–water partition coefficient (Wildman–Crippen LogP) is 2.93. The van der Waals surface area contributed by atoms with Crippen LogP contribution in [0.4, 0.5) is 4.79 Å². The smallest absolute Gasteiger partial charge is 0.410 e. The summed E-state index contributed by atoms with van der Waals surface area (Å²) in [6, 6.07) is 9.68. The molecule has 0 fully saturated rings. The van der Waals surface area contributed by atoms with Gasteiger partial charge in [-0.3, -0.25) is 9.63 Å². The van der Waals surface area contributed by atoms with Crippen molar-refractivity contribution in [2.24, 2.45) is 0 Å². The average Bonchev–Trinajstić information content (AvgIpc) is 3.05. The van der Waals surface area contributed by atoms with E-state index in [2.05, 4.69) is 4.98 Å². The molecule has 8 nitrogen and oxygen atoms in total. The van der Waals surface area contributed by atoms with Crippen molar-refractivity contribution < 1.29 is 19.2 Å². The van der Waals surface area contributed by atoms with Crippen LogP contribution in [0.25, 0.3) is 11.4 Å². The predicted molar refractivity (Wildman–Crippen MR) is 103 cm³/mol. The largest absolute Gasteiger partial charge is 0.444 e. The summed E-state index contributed by atoms with van der Waals surface area (Å²) < 4.78 is 7.48. The zero-order chi connectivity index (χ0) is 20.5. The van der Waals surface area contributed by atoms with Crippen LogP contribution in [0.1, 0.15) is 37.0 Å². The van der Waals surface area contributed by atoms with Gasteiger partial charge in [0.15, 0.2) is 5.69 Å². The minimum atomic E-state index is -0.584. The summed E-state index contributed by atoms with van der Waals surface area (Å²) >= 11 is 0. The lowest BCUT2D eigenvalue weighted by molar-refractivity contribution is -0.0761. The summed E-state index contributed by atoms with van der Waals surface area (Å²) in [5, 5.41) is 1.13. The van der Waals surface area contributed by atoms with E-state index in [-0.39, 0.29) is 18.1 Å². The van der Waals surface area contributed by atoms with E-state index >= 15 is 0 Å². The van der Waals surface area contributed by atoms with Crippen molar-refractivity contribution in [2.75, 3.05) is 20.7 Å². The summed E-state index contributed by atoms with van der Waals surface area (Å²) in [6.45, 7) is 6.73. The second-order valence-corrected chi connectivity index (χ2v) is 7.64. The number of amides is 2. The molecule has 0 aliphatic carbocycles. The average molecular weight is 386 g/mol. The van der Waals surface area contributed by atoms with Crippen LogP contribution in [-0.4, -0.2) is 57.8 Å². The second kappa shape index (κ2) is 7.63. The molecule has 0 saturated heterocycles. The third kappa shape index (κ3) is 4.01. The van der Waals surface area contributed by atoms with E-state index in [1.807, 2.05) is 55.7 Å². The fraction of sp³-hybridized carbons (Fsp3) is 0.450. The lowest BCUT2D eigenvalue weighted by Gasteiger charge is -2.31. The molecular weight excluding hydrogens is 360 g/mol.